The normalized spacial score (nSPS) is 19.1. The maximum atomic E-state index is 11.5. The Morgan fingerprint density at radius 2 is 1.92 bits per heavy atom. The first-order valence-corrected chi connectivity index (χ1v) is 4.68. The highest BCUT2D eigenvalue weighted by atomic mass is 16.2. The summed E-state index contributed by atoms with van der Waals surface area (Å²) in [4.78, 5) is 13.5. The lowest BCUT2D eigenvalue weighted by atomic mass is 10.00. The van der Waals surface area contributed by atoms with E-state index in [0.717, 1.165) is 19.4 Å². The van der Waals surface area contributed by atoms with Gasteiger partial charge in [-0.2, -0.15) is 0 Å². The molecule has 0 saturated carbocycles. The number of carbonyl (C=O) groups excluding carboxylic acids is 1. The third-order valence-electron chi connectivity index (χ3n) is 2.91. The van der Waals surface area contributed by atoms with Crippen molar-refractivity contribution < 1.29 is 4.79 Å². The Bertz CT molecular complexity index is 384. The number of rotatable bonds is 0. The smallest absolute Gasteiger partial charge is 0.227 e. The molecule has 0 aromatic heterocycles. The Labute approximate surface area is 77.2 Å². The Morgan fingerprint density at radius 1 is 1.15 bits per heavy atom. The van der Waals surface area contributed by atoms with Gasteiger partial charge in [-0.3, -0.25) is 4.79 Å². The zero-order valence-corrected chi connectivity index (χ0v) is 7.34. The van der Waals surface area contributed by atoms with Gasteiger partial charge in [0.1, 0.15) is 0 Å². The summed E-state index contributed by atoms with van der Waals surface area (Å²) in [7, 11) is 0. The van der Waals surface area contributed by atoms with Gasteiger partial charge in [0.15, 0.2) is 0 Å². The average molecular weight is 172 g/mol. The van der Waals surface area contributed by atoms with Crippen molar-refractivity contribution in [3.63, 3.8) is 0 Å². The lowest BCUT2D eigenvalue weighted by Crippen LogP contribution is -2.32. The molecule has 0 atom stereocenters. The predicted molar refractivity (Wildman–Crippen MR) is 49.7 cm³/mol. The molecule has 3 rings (SSSR count). The zero-order valence-electron chi connectivity index (χ0n) is 7.34. The number of benzene rings is 1. The minimum absolute atomic E-state index is 0.289. The monoisotopic (exact) mass is 172 g/mol. The van der Waals surface area contributed by atoms with Crippen LogP contribution in [0.4, 0.5) is 5.69 Å². The molecule has 13 heavy (non-hydrogen) atoms. The van der Waals surface area contributed by atoms with Gasteiger partial charge in [-0.1, -0.05) is 0 Å². The molecule has 1 radical (unpaired) electrons. The van der Waals surface area contributed by atoms with Crippen LogP contribution in [0.15, 0.2) is 12.1 Å². The molecule has 1 amide bonds. The van der Waals surface area contributed by atoms with E-state index in [1.165, 1.54) is 16.8 Å². The summed E-state index contributed by atoms with van der Waals surface area (Å²) in [5, 5.41) is 0. The largest absolute Gasteiger partial charge is 0.312 e. The second-order valence-electron chi connectivity index (χ2n) is 3.65. The van der Waals surface area contributed by atoms with E-state index in [2.05, 4.69) is 6.07 Å². The third-order valence-corrected chi connectivity index (χ3v) is 2.91. The quantitative estimate of drug-likeness (QED) is 0.578. The van der Waals surface area contributed by atoms with Crippen LogP contribution in [0.2, 0.25) is 0 Å². The summed E-state index contributed by atoms with van der Waals surface area (Å²) in [6.45, 7) is 0.874. The summed E-state index contributed by atoms with van der Waals surface area (Å²) in [5.74, 6) is 0.289. The minimum Gasteiger partial charge on any atom is -0.312 e. The molecule has 2 aliphatic heterocycles. The van der Waals surface area contributed by atoms with E-state index < -0.39 is 0 Å². The van der Waals surface area contributed by atoms with Crippen LogP contribution in [0.5, 0.6) is 0 Å². The average Bonchev–Trinajstić information content (AvgIpc) is 2.57. The number of nitrogens with zero attached hydrogens (tertiary/aromatic N) is 1. The van der Waals surface area contributed by atoms with Crippen LogP contribution in [0.3, 0.4) is 0 Å². The van der Waals surface area contributed by atoms with Crippen LogP contribution in [0.1, 0.15) is 17.5 Å². The molecule has 0 aliphatic carbocycles. The Morgan fingerprint density at radius 3 is 2.77 bits per heavy atom. The van der Waals surface area contributed by atoms with Crippen LogP contribution in [0, 0.1) is 6.07 Å². The zero-order chi connectivity index (χ0) is 8.84. The van der Waals surface area contributed by atoms with E-state index in [1.54, 1.807) is 0 Å². The molecule has 65 valence electrons. The lowest BCUT2D eigenvalue weighted by Gasteiger charge is -2.24. The molecule has 0 fully saturated rings. The molecular formula is C11H10NO. The molecule has 1 aromatic carbocycles. The number of carbonyl (C=O) groups is 1. The maximum Gasteiger partial charge on any atom is 0.227 e. The van der Waals surface area contributed by atoms with Crippen LogP contribution < -0.4 is 4.90 Å². The van der Waals surface area contributed by atoms with Crippen molar-refractivity contribution in [1.29, 1.82) is 0 Å². The summed E-state index contributed by atoms with van der Waals surface area (Å²) >= 11 is 0. The first-order valence-electron chi connectivity index (χ1n) is 4.68. The molecule has 1 aromatic rings. The van der Waals surface area contributed by atoms with Gasteiger partial charge in [-0.05, 0) is 42.2 Å². The van der Waals surface area contributed by atoms with Gasteiger partial charge in [-0.15, -0.1) is 0 Å². The first-order chi connectivity index (χ1) is 6.36. The molecule has 2 aliphatic rings. The second-order valence-corrected chi connectivity index (χ2v) is 3.65. The number of hydrogen-bond donors (Lipinski definition) is 0. The van der Waals surface area contributed by atoms with Crippen molar-refractivity contribution in [3.05, 3.63) is 29.3 Å². The lowest BCUT2D eigenvalue weighted by molar-refractivity contribution is -0.118. The van der Waals surface area contributed by atoms with Gasteiger partial charge in [0.05, 0.1) is 5.69 Å². The first kappa shape index (κ1) is 7.13. The van der Waals surface area contributed by atoms with Crippen molar-refractivity contribution in [2.45, 2.75) is 19.3 Å². The standard InChI is InChI=1S/C11H10NO/c13-10-5-4-8-2-1-3-9-6-7-12(10)11(8)9/h2-3H,4-7H2. The van der Waals surface area contributed by atoms with E-state index in [4.69, 9.17) is 0 Å². The SMILES string of the molecule is O=C1CCc2c[c]cc3c2N1CC3. The molecule has 2 heteroatoms. The maximum absolute atomic E-state index is 11.5. The van der Waals surface area contributed by atoms with Crippen LogP contribution in [-0.4, -0.2) is 12.5 Å². The van der Waals surface area contributed by atoms with Crippen molar-refractivity contribution in [2.75, 3.05) is 11.4 Å². The molecule has 0 saturated heterocycles. The van der Waals surface area contributed by atoms with Gasteiger partial charge >= 0.3 is 0 Å². The van der Waals surface area contributed by atoms with Crippen molar-refractivity contribution in [1.82, 2.24) is 0 Å². The number of amides is 1. The van der Waals surface area contributed by atoms with Gasteiger partial charge in [-0.25, -0.2) is 0 Å². The summed E-state index contributed by atoms with van der Waals surface area (Å²) in [6, 6.07) is 7.17. The minimum atomic E-state index is 0.289. The van der Waals surface area contributed by atoms with Gasteiger partial charge in [0.25, 0.3) is 0 Å². The van der Waals surface area contributed by atoms with E-state index in [1.807, 2.05) is 17.0 Å². The Kier molecular flexibility index (Phi) is 1.29. The fourth-order valence-corrected chi connectivity index (χ4v) is 2.28. The fraction of sp³-hybridized carbons (Fsp3) is 0.364. The Hall–Kier alpha value is -1.31. The highest BCUT2D eigenvalue weighted by molar-refractivity contribution is 5.98. The topological polar surface area (TPSA) is 20.3 Å². The molecular weight excluding hydrogens is 162 g/mol. The van der Waals surface area contributed by atoms with Gasteiger partial charge < -0.3 is 4.90 Å². The molecule has 0 spiro atoms. The molecule has 0 bridgehead atoms. The molecule has 0 unspecified atom stereocenters. The molecule has 2 nitrogen and oxygen atoms in total. The van der Waals surface area contributed by atoms with Crippen LogP contribution in [0.25, 0.3) is 0 Å². The molecule has 2 heterocycles. The van der Waals surface area contributed by atoms with Crippen molar-refractivity contribution in [3.8, 4) is 0 Å². The summed E-state index contributed by atoms with van der Waals surface area (Å²) < 4.78 is 0. The number of hydrogen-bond acceptors (Lipinski definition) is 1. The number of aryl methyl sites for hydroxylation is 1. The summed E-state index contributed by atoms with van der Waals surface area (Å²) in [6.07, 6.45) is 2.57. The van der Waals surface area contributed by atoms with Gasteiger partial charge in [0, 0.05) is 13.0 Å². The van der Waals surface area contributed by atoms with Gasteiger partial charge in [0.2, 0.25) is 5.91 Å². The third kappa shape index (κ3) is 0.857. The van der Waals surface area contributed by atoms with Crippen LogP contribution >= 0.6 is 0 Å². The van der Waals surface area contributed by atoms with Crippen LogP contribution in [-0.2, 0) is 17.6 Å². The highest BCUT2D eigenvalue weighted by Gasteiger charge is 2.30. The molecule has 0 N–H and O–H groups in total. The fourth-order valence-electron chi connectivity index (χ4n) is 2.28. The summed E-state index contributed by atoms with van der Waals surface area (Å²) in [5.41, 5.74) is 3.79. The van der Waals surface area contributed by atoms with E-state index in [9.17, 15) is 4.79 Å². The predicted octanol–water partition coefficient (Wildman–Crippen LogP) is 1.32. The highest BCUT2D eigenvalue weighted by Crippen LogP contribution is 2.35. The van der Waals surface area contributed by atoms with E-state index >= 15 is 0 Å². The van der Waals surface area contributed by atoms with E-state index in [-0.39, 0.29) is 5.91 Å². The Balaban J connectivity index is 2.24. The van der Waals surface area contributed by atoms with E-state index in [0.29, 0.717) is 6.42 Å². The van der Waals surface area contributed by atoms with Crippen molar-refractivity contribution >= 4 is 11.6 Å². The van der Waals surface area contributed by atoms with Crippen molar-refractivity contribution in [2.24, 2.45) is 0 Å². The second kappa shape index (κ2) is 2.34. The number of anilines is 1.